The summed E-state index contributed by atoms with van der Waals surface area (Å²) in [6.07, 6.45) is -4.55. The van der Waals surface area contributed by atoms with Gasteiger partial charge in [0.25, 0.3) is 11.8 Å². The maximum atomic E-state index is 12.8. The van der Waals surface area contributed by atoms with Crippen molar-refractivity contribution in [2.24, 2.45) is 0 Å². The van der Waals surface area contributed by atoms with Crippen molar-refractivity contribution < 1.29 is 22.8 Å². The Hall–Kier alpha value is -2.51. The van der Waals surface area contributed by atoms with Gasteiger partial charge < -0.3 is 5.32 Å². The van der Waals surface area contributed by atoms with Gasteiger partial charge in [-0.25, -0.2) is 4.90 Å². The van der Waals surface area contributed by atoms with Crippen LogP contribution in [0.5, 0.6) is 0 Å². The van der Waals surface area contributed by atoms with Crippen LogP contribution in [-0.2, 0) is 15.8 Å². The fourth-order valence-corrected chi connectivity index (χ4v) is 2.81. The van der Waals surface area contributed by atoms with Crippen LogP contribution in [0.1, 0.15) is 5.56 Å². The van der Waals surface area contributed by atoms with Gasteiger partial charge in [0.15, 0.2) is 0 Å². The van der Waals surface area contributed by atoms with Crippen LogP contribution in [0.4, 0.5) is 24.5 Å². The Labute approximate surface area is 155 Å². The lowest BCUT2D eigenvalue weighted by atomic mass is 10.2. The summed E-state index contributed by atoms with van der Waals surface area (Å²) in [5.74, 6) is -1.63. The minimum Gasteiger partial charge on any atom is -0.350 e. The quantitative estimate of drug-likeness (QED) is 0.753. The highest BCUT2D eigenvalue weighted by molar-refractivity contribution is 6.53. The average molecular weight is 401 g/mol. The second-order valence-corrected chi connectivity index (χ2v) is 6.07. The van der Waals surface area contributed by atoms with Crippen molar-refractivity contribution in [3.63, 3.8) is 0 Å². The molecule has 0 bridgehead atoms. The van der Waals surface area contributed by atoms with E-state index >= 15 is 0 Å². The van der Waals surface area contributed by atoms with E-state index in [0.717, 1.165) is 17.0 Å². The van der Waals surface area contributed by atoms with Gasteiger partial charge in [0.05, 0.1) is 16.3 Å². The summed E-state index contributed by atoms with van der Waals surface area (Å²) >= 11 is 11.9. The van der Waals surface area contributed by atoms with Crippen molar-refractivity contribution in [2.75, 3.05) is 10.2 Å². The van der Waals surface area contributed by atoms with Gasteiger partial charge in [-0.2, -0.15) is 13.2 Å². The molecule has 1 heterocycles. The Bertz CT molecular complexity index is 942. The zero-order chi connectivity index (χ0) is 19.1. The largest absolute Gasteiger partial charge is 0.416 e. The molecule has 3 rings (SSSR count). The first-order chi connectivity index (χ1) is 12.2. The molecule has 0 aromatic heterocycles. The molecule has 2 aromatic carbocycles. The predicted molar refractivity (Wildman–Crippen MR) is 91.9 cm³/mol. The molecular formula is C17H9Cl2F3N2O2. The van der Waals surface area contributed by atoms with E-state index in [1.165, 1.54) is 24.3 Å². The molecule has 4 nitrogen and oxygen atoms in total. The number of anilines is 2. The normalized spacial score (nSPS) is 15.0. The number of rotatable bonds is 3. The van der Waals surface area contributed by atoms with Crippen molar-refractivity contribution in [1.29, 1.82) is 0 Å². The average Bonchev–Trinajstić information content (AvgIpc) is 2.79. The van der Waals surface area contributed by atoms with Crippen molar-refractivity contribution >= 4 is 46.4 Å². The maximum Gasteiger partial charge on any atom is 0.416 e. The van der Waals surface area contributed by atoms with Crippen molar-refractivity contribution in [2.45, 2.75) is 6.18 Å². The second-order valence-electron chi connectivity index (χ2n) is 5.29. The monoisotopic (exact) mass is 400 g/mol. The highest BCUT2D eigenvalue weighted by Crippen LogP contribution is 2.35. The van der Waals surface area contributed by atoms with E-state index in [0.29, 0.717) is 0 Å². The van der Waals surface area contributed by atoms with Gasteiger partial charge in [-0.3, -0.25) is 9.59 Å². The Morgan fingerprint density at radius 3 is 2.27 bits per heavy atom. The fraction of sp³-hybridized carbons (Fsp3) is 0.0588. The van der Waals surface area contributed by atoms with E-state index in [-0.39, 0.29) is 22.1 Å². The number of carbonyl (C=O) groups is 2. The number of hydrogen-bond donors (Lipinski definition) is 1. The number of benzene rings is 2. The third-order valence-electron chi connectivity index (χ3n) is 3.58. The highest BCUT2D eigenvalue weighted by Gasteiger charge is 2.40. The molecule has 9 heteroatoms. The molecule has 0 fully saturated rings. The smallest absolute Gasteiger partial charge is 0.350 e. The van der Waals surface area contributed by atoms with Crippen LogP contribution >= 0.6 is 23.2 Å². The summed E-state index contributed by atoms with van der Waals surface area (Å²) in [5.41, 5.74) is -1.13. The van der Waals surface area contributed by atoms with Crippen LogP contribution in [0.25, 0.3) is 0 Å². The van der Waals surface area contributed by atoms with E-state index in [4.69, 9.17) is 23.2 Å². The molecule has 0 unspecified atom stereocenters. The summed E-state index contributed by atoms with van der Waals surface area (Å²) in [7, 11) is 0. The molecule has 1 N–H and O–H groups in total. The molecule has 1 aliphatic rings. The third-order valence-corrected chi connectivity index (χ3v) is 4.25. The standard InChI is InChI=1S/C17H9Cl2F3N2O2/c18-11-6-1-2-7-12(11)24-15(25)13(19)14(16(24)26)23-10-5-3-4-9(8-10)17(20,21)22/h1-8,23H. The second kappa shape index (κ2) is 6.66. The number of carbonyl (C=O) groups excluding carboxylic acids is 2. The molecule has 0 saturated carbocycles. The topological polar surface area (TPSA) is 49.4 Å². The van der Waals surface area contributed by atoms with Crippen LogP contribution in [-0.4, -0.2) is 11.8 Å². The maximum absolute atomic E-state index is 12.8. The Morgan fingerprint density at radius 2 is 1.62 bits per heavy atom. The minimum absolute atomic E-state index is 0.0323. The van der Waals surface area contributed by atoms with E-state index in [2.05, 4.69) is 5.32 Å². The first-order valence-corrected chi connectivity index (χ1v) is 7.93. The third kappa shape index (κ3) is 3.27. The van der Waals surface area contributed by atoms with Gasteiger partial charge in [-0.05, 0) is 30.3 Å². The number of nitrogens with one attached hydrogen (secondary N) is 1. The molecule has 0 radical (unpaired) electrons. The van der Waals surface area contributed by atoms with E-state index in [1.807, 2.05) is 0 Å². The summed E-state index contributed by atoms with van der Waals surface area (Å²) in [4.78, 5) is 25.7. The summed E-state index contributed by atoms with van der Waals surface area (Å²) in [6.45, 7) is 0. The molecule has 2 aromatic rings. The lowest BCUT2D eigenvalue weighted by Crippen LogP contribution is -2.32. The van der Waals surface area contributed by atoms with E-state index < -0.39 is 28.6 Å². The molecule has 2 amide bonds. The molecular weight excluding hydrogens is 392 g/mol. The Kier molecular flexibility index (Phi) is 4.68. The fourth-order valence-electron chi connectivity index (χ4n) is 2.38. The molecule has 1 aliphatic heterocycles. The number of alkyl halides is 3. The van der Waals surface area contributed by atoms with Gasteiger partial charge in [0.1, 0.15) is 10.7 Å². The van der Waals surface area contributed by atoms with Gasteiger partial charge in [0.2, 0.25) is 0 Å². The summed E-state index contributed by atoms with van der Waals surface area (Å²) in [6, 6.07) is 10.3. The van der Waals surface area contributed by atoms with Crippen LogP contribution in [0.3, 0.4) is 0 Å². The zero-order valence-corrected chi connectivity index (χ0v) is 14.3. The van der Waals surface area contributed by atoms with Crippen molar-refractivity contribution in [3.05, 3.63) is 69.8 Å². The van der Waals surface area contributed by atoms with Gasteiger partial charge in [0, 0.05) is 5.69 Å². The van der Waals surface area contributed by atoms with Gasteiger partial charge in [-0.15, -0.1) is 0 Å². The molecule has 26 heavy (non-hydrogen) atoms. The van der Waals surface area contributed by atoms with Crippen LogP contribution < -0.4 is 10.2 Å². The van der Waals surface area contributed by atoms with Gasteiger partial charge >= 0.3 is 6.18 Å². The number of amides is 2. The lowest BCUT2D eigenvalue weighted by molar-refractivity contribution is -0.137. The van der Waals surface area contributed by atoms with Crippen LogP contribution in [0.15, 0.2) is 59.3 Å². The zero-order valence-electron chi connectivity index (χ0n) is 12.8. The molecule has 0 spiro atoms. The molecule has 0 aliphatic carbocycles. The lowest BCUT2D eigenvalue weighted by Gasteiger charge is -2.16. The summed E-state index contributed by atoms with van der Waals surface area (Å²) in [5, 5.41) is 2.21. The number of halogens is 5. The summed E-state index contributed by atoms with van der Waals surface area (Å²) < 4.78 is 38.4. The van der Waals surface area contributed by atoms with Crippen LogP contribution in [0.2, 0.25) is 5.02 Å². The minimum atomic E-state index is -4.55. The van der Waals surface area contributed by atoms with Crippen LogP contribution in [0, 0.1) is 0 Å². The molecule has 0 saturated heterocycles. The SMILES string of the molecule is O=C1C(Cl)=C(Nc2cccc(C(F)(F)F)c2)C(=O)N1c1ccccc1Cl. The number of imide groups is 1. The number of hydrogen-bond acceptors (Lipinski definition) is 3. The first-order valence-electron chi connectivity index (χ1n) is 7.17. The Morgan fingerprint density at radius 1 is 0.923 bits per heavy atom. The van der Waals surface area contributed by atoms with E-state index in [9.17, 15) is 22.8 Å². The molecule has 134 valence electrons. The molecule has 0 atom stereocenters. The highest BCUT2D eigenvalue weighted by atomic mass is 35.5. The Balaban J connectivity index is 1.93. The number of para-hydroxylation sites is 1. The van der Waals surface area contributed by atoms with Crippen molar-refractivity contribution in [3.8, 4) is 0 Å². The number of nitrogens with zero attached hydrogens (tertiary/aromatic N) is 1. The predicted octanol–water partition coefficient (Wildman–Crippen LogP) is 4.79. The van der Waals surface area contributed by atoms with E-state index in [1.54, 1.807) is 12.1 Å². The van der Waals surface area contributed by atoms with Crippen molar-refractivity contribution in [1.82, 2.24) is 0 Å². The first kappa shape index (κ1) is 18.3. The van der Waals surface area contributed by atoms with Gasteiger partial charge in [-0.1, -0.05) is 41.4 Å².